The summed E-state index contributed by atoms with van der Waals surface area (Å²) in [7, 11) is 1.58. The molecule has 0 bridgehead atoms. The lowest BCUT2D eigenvalue weighted by Crippen LogP contribution is -2.55. The van der Waals surface area contributed by atoms with Crippen molar-refractivity contribution in [3.8, 4) is 39.6 Å². The molecule has 3 aliphatic heterocycles. The van der Waals surface area contributed by atoms with Gasteiger partial charge < -0.3 is 35.5 Å². The Hall–Kier alpha value is -4.66. The van der Waals surface area contributed by atoms with Crippen LogP contribution in [-0.2, 0) is 20.9 Å². The molecule has 3 aliphatic rings. The highest BCUT2D eigenvalue weighted by atomic mass is 35.5. The number of rotatable bonds is 10. The maximum atomic E-state index is 14.3. The van der Waals surface area contributed by atoms with Crippen LogP contribution in [-0.4, -0.2) is 102 Å². The van der Waals surface area contributed by atoms with Crippen LogP contribution in [0.25, 0.3) is 28.1 Å². The Morgan fingerprint density at radius 1 is 1.00 bits per heavy atom. The molecule has 1 aromatic heterocycles. The van der Waals surface area contributed by atoms with Gasteiger partial charge in [0.1, 0.15) is 18.1 Å². The first-order valence-electron chi connectivity index (χ1n) is 18.4. The molecule has 0 spiro atoms. The Morgan fingerprint density at radius 2 is 1.76 bits per heavy atom. The number of anilines is 1. The molecule has 4 aromatic rings. The summed E-state index contributed by atoms with van der Waals surface area (Å²) >= 11 is 13.0. The second-order valence-corrected chi connectivity index (χ2v) is 15.6. The van der Waals surface area contributed by atoms with Gasteiger partial charge in [0.2, 0.25) is 11.8 Å². The number of hydrogen-bond acceptors (Lipinski definition) is 9. The molecule has 13 nitrogen and oxygen atoms in total. The minimum atomic E-state index is -0.546. The van der Waals surface area contributed by atoms with E-state index in [0.29, 0.717) is 76.0 Å². The average Bonchev–Trinajstić information content (AvgIpc) is 3.55. The minimum Gasteiger partial charge on any atom is -0.496 e. The number of aromatic nitrogens is 2. The Kier molecular flexibility index (Phi) is 11.4. The van der Waals surface area contributed by atoms with E-state index in [1.54, 1.807) is 41.0 Å². The summed E-state index contributed by atoms with van der Waals surface area (Å²) in [5.41, 5.74) is 10.3. The number of nitrogens with two attached hydrogens (primary N) is 1. The molecule has 7 rings (SSSR count). The fraction of sp³-hybridized carbons (Fsp3) is 0.400. The largest absolute Gasteiger partial charge is 0.496 e. The third-order valence-corrected chi connectivity index (χ3v) is 10.7. The number of methoxy groups -OCH3 is 1. The Labute approximate surface area is 330 Å². The van der Waals surface area contributed by atoms with E-state index in [1.807, 2.05) is 44.2 Å². The van der Waals surface area contributed by atoms with E-state index in [9.17, 15) is 14.4 Å². The number of amides is 3. The maximum Gasteiger partial charge on any atom is 0.275 e. The summed E-state index contributed by atoms with van der Waals surface area (Å²) < 4.78 is 19.6. The van der Waals surface area contributed by atoms with Crippen molar-refractivity contribution in [2.75, 3.05) is 58.4 Å². The van der Waals surface area contributed by atoms with E-state index in [2.05, 4.69) is 15.5 Å². The van der Waals surface area contributed by atoms with Gasteiger partial charge in [-0.2, -0.15) is 5.10 Å². The van der Waals surface area contributed by atoms with Gasteiger partial charge in [0.15, 0.2) is 5.69 Å². The predicted molar refractivity (Wildman–Crippen MR) is 211 cm³/mol. The van der Waals surface area contributed by atoms with Gasteiger partial charge in [-0.3, -0.25) is 19.3 Å². The lowest BCUT2D eigenvalue weighted by atomic mass is 9.95. The fourth-order valence-corrected chi connectivity index (χ4v) is 7.84. The molecule has 290 valence electrons. The van der Waals surface area contributed by atoms with Crippen LogP contribution in [0.5, 0.6) is 11.5 Å². The smallest absolute Gasteiger partial charge is 0.275 e. The van der Waals surface area contributed by atoms with E-state index < -0.39 is 5.54 Å². The lowest BCUT2D eigenvalue weighted by molar-refractivity contribution is -0.122. The van der Waals surface area contributed by atoms with Crippen molar-refractivity contribution < 1.29 is 28.6 Å². The molecular formula is C40H45Cl2N7O6. The lowest BCUT2D eigenvalue weighted by Gasteiger charge is -2.41. The number of fused-ring (bicyclic) bond motifs is 3. The first-order valence-corrected chi connectivity index (χ1v) is 19.1. The van der Waals surface area contributed by atoms with Crippen molar-refractivity contribution in [2.45, 2.75) is 51.3 Å². The highest BCUT2D eigenvalue weighted by molar-refractivity contribution is 6.34. The number of nitrogens with one attached hydrogen (secondary N) is 2. The van der Waals surface area contributed by atoms with Gasteiger partial charge in [-0.15, -0.1) is 0 Å². The van der Waals surface area contributed by atoms with Gasteiger partial charge >= 0.3 is 0 Å². The molecule has 55 heavy (non-hydrogen) atoms. The van der Waals surface area contributed by atoms with Gasteiger partial charge in [0, 0.05) is 77.1 Å². The van der Waals surface area contributed by atoms with Crippen LogP contribution < -0.4 is 25.8 Å². The second-order valence-electron chi connectivity index (χ2n) is 14.7. The van der Waals surface area contributed by atoms with E-state index in [4.69, 9.17) is 48.2 Å². The number of nitrogens with zero attached hydrogens (tertiary/aromatic N) is 4. The number of carbonyl (C=O) groups excluding carboxylic acids is 3. The third kappa shape index (κ3) is 8.46. The number of morpholine rings is 1. The van der Waals surface area contributed by atoms with Crippen LogP contribution in [0.2, 0.25) is 10.0 Å². The summed E-state index contributed by atoms with van der Waals surface area (Å²) in [5.74, 6) is 0.517. The van der Waals surface area contributed by atoms with Crippen molar-refractivity contribution in [1.82, 2.24) is 24.9 Å². The number of halogens is 2. The van der Waals surface area contributed by atoms with Gasteiger partial charge in [-0.05, 0) is 68.7 Å². The Bertz CT molecular complexity index is 2090. The zero-order valence-electron chi connectivity index (χ0n) is 31.1. The van der Waals surface area contributed by atoms with Crippen LogP contribution in [0, 0.1) is 0 Å². The first kappa shape index (κ1) is 38.6. The predicted octanol–water partition coefficient (Wildman–Crippen LogP) is 5.53. The van der Waals surface area contributed by atoms with Crippen molar-refractivity contribution >= 4 is 46.6 Å². The molecule has 0 aliphatic carbocycles. The van der Waals surface area contributed by atoms with Crippen molar-refractivity contribution in [3.05, 3.63) is 75.9 Å². The summed E-state index contributed by atoms with van der Waals surface area (Å²) in [4.78, 5) is 43.6. The summed E-state index contributed by atoms with van der Waals surface area (Å²) in [5, 5.41) is 11.6. The minimum absolute atomic E-state index is 0.0971. The molecule has 0 saturated carbocycles. The molecule has 2 fully saturated rings. The van der Waals surface area contributed by atoms with Crippen LogP contribution in [0.15, 0.2) is 54.6 Å². The normalized spacial score (nSPS) is 16.8. The fourth-order valence-electron chi connectivity index (χ4n) is 7.33. The van der Waals surface area contributed by atoms with Gasteiger partial charge in [-0.1, -0.05) is 35.3 Å². The van der Waals surface area contributed by atoms with Crippen LogP contribution in [0.1, 0.15) is 49.2 Å². The van der Waals surface area contributed by atoms with E-state index >= 15 is 0 Å². The SMILES string of the molecule is COc1cc2c(cc1-c1cccc(NC(=O)CCNC(=O)CN3CCC(N)CC3)c1)-c1c(c(C(=O)N3CCOCC3(C)C)nn1-c1cc(Cl)cc(Cl)c1)CO2. The van der Waals surface area contributed by atoms with Crippen molar-refractivity contribution in [1.29, 1.82) is 0 Å². The van der Waals surface area contributed by atoms with Gasteiger partial charge in [-0.25, -0.2) is 4.68 Å². The van der Waals surface area contributed by atoms with Crippen LogP contribution >= 0.6 is 23.2 Å². The molecule has 2 saturated heterocycles. The molecule has 0 atom stereocenters. The molecule has 3 amide bonds. The molecule has 15 heteroatoms. The molecule has 0 radical (unpaired) electrons. The molecule has 4 N–H and O–H groups in total. The van der Waals surface area contributed by atoms with Crippen LogP contribution in [0.4, 0.5) is 5.69 Å². The Morgan fingerprint density at radius 3 is 2.49 bits per heavy atom. The number of carbonyl (C=O) groups is 3. The van der Waals surface area contributed by atoms with Crippen molar-refractivity contribution in [2.24, 2.45) is 5.73 Å². The number of likely N-dealkylation sites (tertiary alicyclic amines) is 1. The van der Waals surface area contributed by atoms with E-state index in [0.717, 1.165) is 37.1 Å². The standard InChI is InChI=1S/C40H45Cl2N7O6/c1-40(2)23-54-14-13-48(40)39(52)37-32-22-55-34-20-33(53-3)30(19-31(34)38(32)49(46-37)29-17-25(41)16-26(42)18-29)24-5-4-6-28(15-24)45-35(50)7-10-44-36(51)21-47-11-8-27(43)9-12-47/h4-6,15-20,27H,7-14,21-23,43H2,1-3H3,(H,44,51)(H,45,50). The second kappa shape index (κ2) is 16.2. The zero-order valence-corrected chi connectivity index (χ0v) is 32.6. The zero-order chi connectivity index (χ0) is 38.9. The topological polar surface area (TPSA) is 153 Å². The maximum absolute atomic E-state index is 14.3. The first-order chi connectivity index (χ1) is 26.4. The van der Waals surface area contributed by atoms with Gasteiger partial charge in [0.25, 0.3) is 5.91 Å². The summed E-state index contributed by atoms with van der Waals surface area (Å²) in [6, 6.07) is 16.5. The van der Waals surface area contributed by atoms with E-state index in [-0.39, 0.29) is 49.0 Å². The molecule has 3 aromatic carbocycles. The number of piperidine rings is 1. The van der Waals surface area contributed by atoms with Gasteiger partial charge in [0.05, 0.1) is 43.8 Å². The quantitative estimate of drug-likeness (QED) is 0.188. The molecule has 4 heterocycles. The number of ether oxygens (including phenoxy) is 3. The number of hydrogen-bond donors (Lipinski definition) is 3. The average molecular weight is 791 g/mol. The van der Waals surface area contributed by atoms with Crippen molar-refractivity contribution in [3.63, 3.8) is 0 Å². The van der Waals surface area contributed by atoms with Crippen LogP contribution in [0.3, 0.4) is 0 Å². The highest BCUT2D eigenvalue weighted by Crippen LogP contribution is 2.47. The number of benzene rings is 3. The van der Waals surface area contributed by atoms with E-state index in [1.165, 1.54) is 0 Å². The monoisotopic (exact) mass is 789 g/mol. The highest BCUT2D eigenvalue weighted by Gasteiger charge is 2.39. The molecule has 0 unspecified atom stereocenters. The molecular weight excluding hydrogens is 745 g/mol. The summed E-state index contributed by atoms with van der Waals surface area (Å²) in [6.07, 6.45) is 1.86. The summed E-state index contributed by atoms with van der Waals surface area (Å²) in [6.45, 7) is 7.39. The third-order valence-electron chi connectivity index (χ3n) is 10.2. The Balaban J connectivity index is 1.17.